The highest BCUT2D eigenvalue weighted by molar-refractivity contribution is 5.76. The van der Waals surface area contributed by atoms with Crippen molar-refractivity contribution in [1.29, 1.82) is 0 Å². The molecule has 100 valence electrons. The van der Waals surface area contributed by atoms with Crippen LogP contribution in [0.4, 0.5) is 0 Å². The van der Waals surface area contributed by atoms with Gasteiger partial charge < -0.3 is 14.6 Å². The molecule has 0 amide bonds. The van der Waals surface area contributed by atoms with Crippen LogP contribution in [0.3, 0.4) is 0 Å². The zero-order valence-corrected chi connectivity index (χ0v) is 10.8. The van der Waals surface area contributed by atoms with Crippen molar-refractivity contribution >= 4 is 5.97 Å². The first-order chi connectivity index (χ1) is 8.60. The summed E-state index contributed by atoms with van der Waals surface area (Å²) in [6, 6.07) is 6.73. The van der Waals surface area contributed by atoms with Gasteiger partial charge in [0, 0.05) is 12.1 Å². The van der Waals surface area contributed by atoms with E-state index in [0.717, 1.165) is 11.3 Å². The average Bonchev–Trinajstić information content (AvgIpc) is 2.38. The van der Waals surface area contributed by atoms with E-state index in [1.807, 2.05) is 24.3 Å². The van der Waals surface area contributed by atoms with Gasteiger partial charge in [-0.25, -0.2) is 0 Å². The van der Waals surface area contributed by atoms with Crippen molar-refractivity contribution in [3.63, 3.8) is 0 Å². The van der Waals surface area contributed by atoms with Crippen molar-refractivity contribution in [3.8, 4) is 5.75 Å². The molecule has 0 aliphatic heterocycles. The average molecular weight is 253 g/mol. The number of benzene rings is 1. The number of hydrogen-bond donors (Lipinski definition) is 2. The number of ether oxygens (including phenoxy) is 2. The summed E-state index contributed by atoms with van der Waals surface area (Å²) in [5.41, 5.74) is 0.912. The maximum absolute atomic E-state index is 11.5. The number of carbonyl (C=O) groups excluding carboxylic acids is 1. The Kier molecular flexibility index (Phi) is 5.61. The Morgan fingerprint density at radius 1 is 1.39 bits per heavy atom. The number of para-hydroxylation sites is 1. The van der Waals surface area contributed by atoms with E-state index in [-0.39, 0.29) is 0 Å². The van der Waals surface area contributed by atoms with Gasteiger partial charge in [-0.15, -0.1) is 0 Å². The number of carbonyl (C=O) groups is 1. The molecule has 0 saturated heterocycles. The summed E-state index contributed by atoms with van der Waals surface area (Å²) in [6.45, 7) is 1.95. The standard InChI is InChI=1S/C13H19NO4/c1-9(15)12(13(16)18-3)14-8-10-6-4-5-7-11(10)17-2/h4-7,9,12,14-15H,8H2,1-3H3/t9-,12+/m0/s1. The number of methoxy groups -OCH3 is 2. The van der Waals surface area contributed by atoms with Crippen LogP contribution < -0.4 is 10.1 Å². The molecule has 5 heteroatoms. The zero-order valence-electron chi connectivity index (χ0n) is 10.8. The predicted octanol–water partition coefficient (Wildman–Crippen LogP) is 0.707. The molecule has 1 aromatic carbocycles. The van der Waals surface area contributed by atoms with Crippen molar-refractivity contribution in [2.24, 2.45) is 0 Å². The number of aliphatic hydroxyl groups excluding tert-OH is 1. The maximum atomic E-state index is 11.5. The summed E-state index contributed by atoms with van der Waals surface area (Å²) >= 11 is 0. The molecule has 2 N–H and O–H groups in total. The molecule has 0 unspecified atom stereocenters. The van der Waals surface area contributed by atoms with Crippen LogP contribution in [0.25, 0.3) is 0 Å². The molecule has 0 fully saturated rings. The van der Waals surface area contributed by atoms with E-state index in [2.05, 4.69) is 10.1 Å². The van der Waals surface area contributed by atoms with Gasteiger partial charge in [0.2, 0.25) is 0 Å². The van der Waals surface area contributed by atoms with Gasteiger partial charge in [0.05, 0.1) is 20.3 Å². The monoisotopic (exact) mass is 253 g/mol. The minimum absolute atomic E-state index is 0.411. The molecular weight excluding hydrogens is 234 g/mol. The lowest BCUT2D eigenvalue weighted by molar-refractivity contribution is -0.145. The Labute approximate surface area is 107 Å². The first-order valence-electron chi connectivity index (χ1n) is 5.71. The number of esters is 1. The van der Waals surface area contributed by atoms with Crippen molar-refractivity contribution < 1.29 is 19.4 Å². The maximum Gasteiger partial charge on any atom is 0.325 e. The van der Waals surface area contributed by atoms with Crippen LogP contribution >= 0.6 is 0 Å². The molecule has 1 rings (SSSR count). The molecule has 2 atom stereocenters. The zero-order chi connectivity index (χ0) is 13.5. The topological polar surface area (TPSA) is 67.8 Å². The normalized spacial score (nSPS) is 13.8. The summed E-state index contributed by atoms with van der Waals surface area (Å²) in [4.78, 5) is 11.5. The lowest BCUT2D eigenvalue weighted by Crippen LogP contribution is -2.45. The van der Waals surface area contributed by atoms with E-state index in [9.17, 15) is 9.90 Å². The fourth-order valence-corrected chi connectivity index (χ4v) is 1.65. The van der Waals surface area contributed by atoms with Crippen LogP contribution in [-0.2, 0) is 16.1 Å². The van der Waals surface area contributed by atoms with Gasteiger partial charge >= 0.3 is 5.97 Å². The van der Waals surface area contributed by atoms with Gasteiger partial charge in [0.15, 0.2) is 0 Å². The van der Waals surface area contributed by atoms with Crippen LogP contribution in [-0.4, -0.2) is 37.4 Å². The van der Waals surface area contributed by atoms with Gasteiger partial charge in [-0.2, -0.15) is 0 Å². The summed E-state index contributed by atoms with van der Waals surface area (Å²) in [5.74, 6) is 0.249. The molecule has 0 radical (unpaired) electrons. The number of nitrogens with one attached hydrogen (secondary N) is 1. The van der Waals surface area contributed by atoms with Crippen molar-refractivity contribution in [2.75, 3.05) is 14.2 Å². The minimum Gasteiger partial charge on any atom is -0.496 e. The van der Waals surface area contributed by atoms with Gasteiger partial charge in [0.25, 0.3) is 0 Å². The Morgan fingerprint density at radius 2 is 2.06 bits per heavy atom. The molecule has 0 bridgehead atoms. The third kappa shape index (κ3) is 3.72. The molecule has 0 heterocycles. The number of rotatable bonds is 6. The molecule has 1 aromatic rings. The fraction of sp³-hybridized carbons (Fsp3) is 0.462. The van der Waals surface area contributed by atoms with Crippen LogP contribution in [0.5, 0.6) is 5.75 Å². The second-order valence-corrected chi connectivity index (χ2v) is 3.93. The first kappa shape index (κ1) is 14.5. The lowest BCUT2D eigenvalue weighted by atomic mass is 10.1. The van der Waals surface area contributed by atoms with Crippen molar-refractivity contribution in [2.45, 2.75) is 25.6 Å². The number of aliphatic hydroxyl groups is 1. The van der Waals surface area contributed by atoms with E-state index in [1.165, 1.54) is 14.0 Å². The van der Waals surface area contributed by atoms with Crippen LogP contribution in [0.2, 0.25) is 0 Å². The Morgan fingerprint density at radius 3 is 2.61 bits per heavy atom. The van der Waals surface area contributed by atoms with Crippen molar-refractivity contribution in [3.05, 3.63) is 29.8 Å². The third-order valence-electron chi connectivity index (χ3n) is 2.64. The molecule has 0 aromatic heterocycles. The van der Waals surface area contributed by atoms with E-state index < -0.39 is 18.1 Å². The summed E-state index contributed by atoms with van der Waals surface area (Å²) in [7, 11) is 2.88. The Balaban J connectivity index is 2.70. The van der Waals surface area contributed by atoms with Crippen LogP contribution in [0.15, 0.2) is 24.3 Å². The highest BCUT2D eigenvalue weighted by atomic mass is 16.5. The third-order valence-corrected chi connectivity index (χ3v) is 2.64. The predicted molar refractivity (Wildman–Crippen MR) is 67.3 cm³/mol. The van der Waals surface area contributed by atoms with Crippen molar-refractivity contribution in [1.82, 2.24) is 5.32 Å². The molecule has 5 nitrogen and oxygen atoms in total. The van der Waals surface area contributed by atoms with Gasteiger partial charge in [-0.3, -0.25) is 10.1 Å². The summed E-state index contributed by atoms with van der Waals surface area (Å²) < 4.78 is 9.83. The van der Waals surface area contributed by atoms with E-state index in [0.29, 0.717) is 6.54 Å². The second-order valence-electron chi connectivity index (χ2n) is 3.93. The SMILES string of the molecule is COC(=O)[C@H](NCc1ccccc1OC)[C@H](C)O. The lowest BCUT2D eigenvalue weighted by Gasteiger charge is -2.19. The van der Waals surface area contributed by atoms with Gasteiger partial charge in [-0.1, -0.05) is 18.2 Å². The largest absolute Gasteiger partial charge is 0.496 e. The fourth-order valence-electron chi connectivity index (χ4n) is 1.65. The van der Waals surface area contributed by atoms with Crippen LogP contribution in [0.1, 0.15) is 12.5 Å². The van der Waals surface area contributed by atoms with E-state index in [4.69, 9.17) is 4.74 Å². The highest BCUT2D eigenvalue weighted by Gasteiger charge is 2.23. The summed E-state index contributed by atoms with van der Waals surface area (Å²) in [5, 5.41) is 12.5. The molecule has 0 spiro atoms. The quantitative estimate of drug-likeness (QED) is 0.731. The minimum atomic E-state index is -0.827. The first-order valence-corrected chi connectivity index (χ1v) is 5.71. The molecular formula is C13H19NO4. The smallest absolute Gasteiger partial charge is 0.325 e. The van der Waals surface area contributed by atoms with Gasteiger partial charge in [-0.05, 0) is 13.0 Å². The second kappa shape index (κ2) is 6.98. The van der Waals surface area contributed by atoms with E-state index >= 15 is 0 Å². The molecule has 0 aliphatic carbocycles. The Hall–Kier alpha value is -1.59. The summed E-state index contributed by atoms with van der Waals surface area (Å²) in [6.07, 6.45) is -0.827. The Bertz CT molecular complexity index is 392. The number of hydrogen-bond acceptors (Lipinski definition) is 5. The van der Waals surface area contributed by atoms with Crippen LogP contribution in [0, 0.1) is 0 Å². The molecule has 18 heavy (non-hydrogen) atoms. The highest BCUT2D eigenvalue weighted by Crippen LogP contribution is 2.17. The van der Waals surface area contributed by atoms with E-state index in [1.54, 1.807) is 7.11 Å². The van der Waals surface area contributed by atoms with Gasteiger partial charge in [0.1, 0.15) is 11.8 Å². The molecule has 0 saturated carbocycles. The molecule has 0 aliphatic rings.